The second-order valence-electron chi connectivity index (χ2n) is 7.21. The average Bonchev–Trinajstić information content (AvgIpc) is 2.38. The molecule has 0 saturated carbocycles. The summed E-state index contributed by atoms with van der Waals surface area (Å²) >= 11 is 0. The van der Waals surface area contributed by atoms with Crippen LogP contribution in [0.15, 0.2) is 0 Å². The fraction of sp³-hybridized carbons (Fsp3) is 0.875. The number of carbonyl (C=O) groups excluding carboxylic acids is 2. The molecule has 0 spiro atoms. The fourth-order valence-electron chi connectivity index (χ4n) is 3.69. The van der Waals surface area contributed by atoms with Gasteiger partial charge in [-0.05, 0) is 45.2 Å². The lowest BCUT2D eigenvalue weighted by Gasteiger charge is -2.47. The Bertz CT molecular complexity index is 410. The van der Waals surface area contributed by atoms with E-state index in [0.717, 1.165) is 25.9 Å². The molecular formula is C16H29N3O2. The summed E-state index contributed by atoms with van der Waals surface area (Å²) in [6.45, 7) is 10.2. The number of carbonyl (C=O) groups is 2. The highest BCUT2D eigenvalue weighted by molar-refractivity contribution is 5.96. The first-order valence-corrected chi connectivity index (χ1v) is 8.12. The van der Waals surface area contributed by atoms with Crippen LogP contribution in [0.5, 0.6) is 0 Å². The van der Waals surface area contributed by atoms with Crippen LogP contribution in [-0.2, 0) is 9.59 Å². The smallest absolute Gasteiger partial charge is 0.246 e. The normalized spacial score (nSPS) is 35.2. The first-order chi connectivity index (χ1) is 9.81. The van der Waals surface area contributed by atoms with Crippen LogP contribution in [0, 0.1) is 11.8 Å². The van der Waals surface area contributed by atoms with E-state index in [-0.39, 0.29) is 29.9 Å². The molecule has 4 atom stereocenters. The number of piperazine rings is 1. The molecule has 0 bridgehead atoms. The predicted molar refractivity (Wildman–Crippen MR) is 82.8 cm³/mol. The van der Waals surface area contributed by atoms with Gasteiger partial charge < -0.3 is 15.1 Å². The van der Waals surface area contributed by atoms with Crippen molar-refractivity contribution >= 4 is 11.8 Å². The van der Waals surface area contributed by atoms with Crippen molar-refractivity contribution in [3.8, 4) is 0 Å². The first-order valence-electron chi connectivity index (χ1n) is 8.12. The molecule has 0 aliphatic carbocycles. The molecular weight excluding hydrogens is 266 g/mol. The van der Waals surface area contributed by atoms with Gasteiger partial charge in [0.25, 0.3) is 0 Å². The molecule has 2 aliphatic heterocycles. The van der Waals surface area contributed by atoms with Crippen LogP contribution in [0.1, 0.15) is 40.5 Å². The summed E-state index contributed by atoms with van der Waals surface area (Å²) in [6, 6.07) is -0.512. The third-order valence-electron chi connectivity index (χ3n) is 4.79. The summed E-state index contributed by atoms with van der Waals surface area (Å²) in [6.07, 6.45) is 1.67. The van der Waals surface area contributed by atoms with Gasteiger partial charge in [0.15, 0.2) is 0 Å². The predicted octanol–water partition coefficient (Wildman–Crippen LogP) is 1.09. The molecule has 2 amide bonds. The molecule has 2 fully saturated rings. The molecule has 2 aliphatic rings. The van der Waals surface area contributed by atoms with E-state index in [1.54, 1.807) is 0 Å². The van der Waals surface area contributed by atoms with E-state index >= 15 is 0 Å². The number of rotatable bonds is 3. The van der Waals surface area contributed by atoms with Crippen molar-refractivity contribution in [3.05, 3.63) is 0 Å². The van der Waals surface area contributed by atoms with Crippen molar-refractivity contribution in [3.63, 3.8) is 0 Å². The van der Waals surface area contributed by atoms with Gasteiger partial charge in [-0.2, -0.15) is 0 Å². The van der Waals surface area contributed by atoms with E-state index in [1.807, 2.05) is 11.8 Å². The molecule has 4 unspecified atom stereocenters. The van der Waals surface area contributed by atoms with Crippen molar-refractivity contribution in [2.24, 2.45) is 11.8 Å². The zero-order chi connectivity index (χ0) is 15.7. The largest absolute Gasteiger partial charge is 0.343 e. The van der Waals surface area contributed by atoms with E-state index in [9.17, 15) is 9.59 Å². The van der Waals surface area contributed by atoms with Crippen molar-refractivity contribution in [2.45, 2.75) is 58.7 Å². The van der Waals surface area contributed by atoms with Crippen LogP contribution >= 0.6 is 0 Å². The monoisotopic (exact) mass is 295 g/mol. The third kappa shape index (κ3) is 3.39. The average molecular weight is 295 g/mol. The standard InChI is InChI=1S/C16H29N3O2/c1-10(2)8-13-16(21)19(12(4)15(20)17-13)14-6-7-18(5)9-11(14)3/h10-14H,6-9H2,1-5H3,(H,17,20). The minimum absolute atomic E-state index is 0.00798. The Morgan fingerprint density at radius 3 is 2.52 bits per heavy atom. The molecule has 2 saturated heterocycles. The molecule has 5 heteroatoms. The summed E-state index contributed by atoms with van der Waals surface area (Å²) in [5.74, 6) is 0.897. The summed E-state index contributed by atoms with van der Waals surface area (Å²) < 4.78 is 0. The second-order valence-corrected chi connectivity index (χ2v) is 7.21. The van der Waals surface area contributed by atoms with Gasteiger partial charge in [-0.15, -0.1) is 0 Å². The zero-order valence-corrected chi connectivity index (χ0v) is 13.9. The van der Waals surface area contributed by atoms with Crippen LogP contribution < -0.4 is 5.32 Å². The topological polar surface area (TPSA) is 52.7 Å². The minimum Gasteiger partial charge on any atom is -0.343 e. The molecule has 1 N–H and O–H groups in total. The van der Waals surface area contributed by atoms with Crippen molar-refractivity contribution in [2.75, 3.05) is 20.1 Å². The van der Waals surface area contributed by atoms with Crippen LogP contribution in [-0.4, -0.2) is 59.9 Å². The quantitative estimate of drug-likeness (QED) is 0.848. The van der Waals surface area contributed by atoms with E-state index in [4.69, 9.17) is 0 Å². The Labute approximate surface area is 128 Å². The van der Waals surface area contributed by atoms with Gasteiger partial charge in [0.05, 0.1) is 0 Å². The number of hydrogen-bond acceptors (Lipinski definition) is 3. The molecule has 2 heterocycles. The molecule has 0 aromatic heterocycles. The first kappa shape index (κ1) is 16.3. The van der Waals surface area contributed by atoms with E-state index in [0.29, 0.717) is 11.8 Å². The Morgan fingerprint density at radius 1 is 1.29 bits per heavy atom. The van der Waals surface area contributed by atoms with Crippen LogP contribution in [0.4, 0.5) is 0 Å². The van der Waals surface area contributed by atoms with E-state index in [2.05, 4.69) is 38.0 Å². The van der Waals surface area contributed by atoms with Gasteiger partial charge in [0.2, 0.25) is 11.8 Å². The number of likely N-dealkylation sites (tertiary alicyclic amines) is 1. The summed E-state index contributed by atoms with van der Waals surface area (Å²) in [4.78, 5) is 29.3. The fourth-order valence-corrected chi connectivity index (χ4v) is 3.69. The lowest BCUT2D eigenvalue weighted by molar-refractivity contribution is -0.154. The highest BCUT2D eigenvalue weighted by Crippen LogP contribution is 2.27. The molecule has 2 rings (SSSR count). The summed E-state index contributed by atoms with van der Waals surface area (Å²) in [7, 11) is 2.11. The van der Waals surface area contributed by atoms with Gasteiger partial charge in [-0.1, -0.05) is 20.8 Å². The van der Waals surface area contributed by atoms with E-state index in [1.165, 1.54) is 0 Å². The van der Waals surface area contributed by atoms with Crippen LogP contribution in [0.3, 0.4) is 0 Å². The lowest BCUT2D eigenvalue weighted by Crippen LogP contribution is -2.67. The number of hydrogen-bond donors (Lipinski definition) is 1. The molecule has 21 heavy (non-hydrogen) atoms. The number of piperidine rings is 1. The molecule has 5 nitrogen and oxygen atoms in total. The number of amides is 2. The summed E-state index contributed by atoms with van der Waals surface area (Å²) in [5.41, 5.74) is 0. The third-order valence-corrected chi connectivity index (χ3v) is 4.79. The SMILES string of the molecule is CC(C)CC1NC(=O)C(C)N(C2CCN(C)CC2C)C1=O. The number of nitrogens with one attached hydrogen (secondary N) is 1. The van der Waals surface area contributed by atoms with Crippen molar-refractivity contribution < 1.29 is 9.59 Å². The highest BCUT2D eigenvalue weighted by Gasteiger charge is 2.43. The Morgan fingerprint density at radius 2 is 1.95 bits per heavy atom. The van der Waals surface area contributed by atoms with Crippen molar-refractivity contribution in [1.82, 2.24) is 15.1 Å². The zero-order valence-electron chi connectivity index (χ0n) is 13.9. The second kappa shape index (κ2) is 6.34. The van der Waals surface area contributed by atoms with Gasteiger partial charge in [-0.3, -0.25) is 9.59 Å². The molecule has 120 valence electrons. The number of nitrogens with zero attached hydrogens (tertiary/aromatic N) is 2. The van der Waals surface area contributed by atoms with Gasteiger partial charge >= 0.3 is 0 Å². The van der Waals surface area contributed by atoms with Gasteiger partial charge in [-0.25, -0.2) is 0 Å². The summed E-state index contributed by atoms with van der Waals surface area (Å²) in [5, 5.41) is 2.90. The Kier molecular flexibility index (Phi) is 4.91. The molecule has 0 aromatic rings. The molecule has 0 radical (unpaired) electrons. The maximum Gasteiger partial charge on any atom is 0.246 e. The lowest BCUT2D eigenvalue weighted by atomic mass is 9.89. The Balaban J connectivity index is 2.18. The van der Waals surface area contributed by atoms with Gasteiger partial charge in [0.1, 0.15) is 12.1 Å². The van der Waals surface area contributed by atoms with E-state index < -0.39 is 0 Å². The maximum absolute atomic E-state index is 12.8. The van der Waals surface area contributed by atoms with Crippen LogP contribution in [0.25, 0.3) is 0 Å². The van der Waals surface area contributed by atoms with Crippen molar-refractivity contribution in [1.29, 1.82) is 0 Å². The van der Waals surface area contributed by atoms with Gasteiger partial charge in [0, 0.05) is 12.6 Å². The van der Waals surface area contributed by atoms with Crippen LogP contribution in [0.2, 0.25) is 0 Å². The Hall–Kier alpha value is -1.10. The maximum atomic E-state index is 12.8. The highest BCUT2D eigenvalue weighted by atomic mass is 16.2. The minimum atomic E-state index is -0.350. The molecule has 0 aromatic carbocycles.